The number of sulfonamides is 1. The van der Waals surface area contributed by atoms with Gasteiger partial charge in [0.25, 0.3) is 0 Å². The highest BCUT2D eigenvalue weighted by Crippen LogP contribution is 2.36. The summed E-state index contributed by atoms with van der Waals surface area (Å²) in [5.41, 5.74) is -0.973. The summed E-state index contributed by atoms with van der Waals surface area (Å²) in [5.74, 6) is 0.611. The summed E-state index contributed by atoms with van der Waals surface area (Å²) in [5, 5.41) is 3.07. The van der Waals surface area contributed by atoms with Crippen molar-refractivity contribution in [2.24, 2.45) is 11.8 Å². The molecule has 1 unspecified atom stereocenters. The summed E-state index contributed by atoms with van der Waals surface area (Å²) in [7, 11) is -2.33. The van der Waals surface area contributed by atoms with E-state index in [2.05, 4.69) is 19.2 Å². The first-order valence-corrected chi connectivity index (χ1v) is 13.0. The molecule has 0 spiro atoms. The number of hydrogen-bond donors (Lipinski definition) is 1. The van der Waals surface area contributed by atoms with Crippen LogP contribution >= 0.6 is 0 Å². The highest BCUT2D eigenvalue weighted by Gasteiger charge is 2.40. The van der Waals surface area contributed by atoms with Gasteiger partial charge in [0, 0.05) is 25.7 Å². The predicted octanol–water partition coefficient (Wildman–Crippen LogP) is 3.73. The molecule has 1 N–H and O–H groups in total. The molecule has 1 atom stereocenters. The molecule has 1 aromatic rings. The molecular formula is C23H34F3N3O3S. The number of halogens is 3. The number of hydrogen-bond acceptors (Lipinski definition) is 4. The van der Waals surface area contributed by atoms with Gasteiger partial charge in [0.15, 0.2) is 0 Å². The molecule has 186 valence electrons. The summed E-state index contributed by atoms with van der Waals surface area (Å²) in [6.07, 6.45) is -1.12. The lowest BCUT2D eigenvalue weighted by molar-refractivity contribution is -0.137. The summed E-state index contributed by atoms with van der Waals surface area (Å²) >= 11 is 0. The van der Waals surface area contributed by atoms with Gasteiger partial charge in [0.1, 0.15) is 0 Å². The number of nitrogens with one attached hydrogen (secondary N) is 1. The zero-order chi connectivity index (χ0) is 24.4. The molecule has 1 saturated carbocycles. The first kappa shape index (κ1) is 26.0. The van der Waals surface area contributed by atoms with Crippen molar-refractivity contribution in [2.45, 2.75) is 69.1 Å². The predicted molar refractivity (Wildman–Crippen MR) is 120 cm³/mol. The topological polar surface area (TPSA) is 69.7 Å². The number of nitrogens with zero attached hydrogens (tertiary/aromatic N) is 2. The lowest BCUT2D eigenvalue weighted by atomic mass is 10.00. The SMILES string of the molecule is CNC(CC(C)C)C(=O)N1CCC(N(CC2CC2)S(=O)(=O)c2cccc(C(F)(F)F)c2)CC1. The molecule has 1 amide bonds. The second-order valence-corrected chi connectivity index (χ2v) is 11.5. The zero-order valence-electron chi connectivity index (χ0n) is 19.4. The standard InChI is InChI=1S/C23H34F3N3O3S/c1-16(2)13-21(27-3)22(30)28-11-9-19(10-12-28)29(15-17-7-8-17)33(31,32)20-6-4-5-18(14-20)23(24,25)26/h4-6,14,16-17,19,21,27H,7-13,15H2,1-3H3. The summed E-state index contributed by atoms with van der Waals surface area (Å²) in [6.45, 7) is 5.28. The van der Waals surface area contributed by atoms with E-state index in [1.165, 1.54) is 10.4 Å². The third kappa shape index (κ3) is 6.48. The van der Waals surface area contributed by atoms with E-state index in [0.717, 1.165) is 31.0 Å². The second kappa shape index (κ2) is 10.3. The lowest BCUT2D eigenvalue weighted by Gasteiger charge is -2.39. The van der Waals surface area contributed by atoms with Crippen LogP contribution in [0.25, 0.3) is 0 Å². The van der Waals surface area contributed by atoms with Gasteiger partial charge in [-0.15, -0.1) is 0 Å². The maximum atomic E-state index is 13.4. The number of alkyl halides is 3. The molecule has 6 nitrogen and oxygen atoms in total. The van der Waals surface area contributed by atoms with Crippen molar-refractivity contribution in [1.29, 1.82) is 0 Å². The van der Waals surface area contributed by atoms with E-state index < -0.39 is 21.8 Å². The first-order valence-electron chi connectivity index (χ1n) is 11.6. The minimum Gasteiger partial charge on any atom is -0.341 e. The molecule has 1 aromatic carbocycles. The van der Waals surface area contributed by atoms with Gasteiger partial charge < -0.3 is 10.2 Å². The van der Waals surface area contributed by atoms with Crippen LogP contribution in [0.5, 0.6) is 0 Å². The number of rotatable bonds is 9. The average Bonchev–Trinajstić information content (AvgIpc) is 3.59. The minimum atomic E-state index is -4.61. The molecular weight excluding hydrogens is 455 g/mol. The molecule has 2 fully saturated rings. The van der Waals surface area contributed by atoms with Crippen LogP contribution in [0, 0.1) is 11.8 Å². The zero-order valence-corrected chi connectivity index (χ0v) is 20.3. The smallest absolute Gasteiger partial charge is 0.341 e. The van der Waals surface area contributed by atoms with Crippen LogP contribution in [0.1, 0.15) is 51.5 Å². The fourth-order valence-electron chi connectivity index (χ4n) is 4.37. The van der Waals surface area contributed by atoms with Crippen molar-refractivity contribution in [3.8, 4) is 0 Å². The van der Waals surface area contributed by atoms with E-state index in [4.69, 9.17) is 0 Å². The molecule has 10 heteroatoms. The maximum Gasteiger partial charge on any atom is 0.416 e. The third-order valence-corrected chi connectivity index (χ3v) is 8.35. The van der Waals surface area contributed by atoms with E-state index >= 15 is 0 Å². The number of benzene rings is 1. The Bertz CT molecular complexity index is 924. The largest absolute Gasteiger partial charge is 0.416 e. The van der Waals surface area contributed by atoms with Crippen molar-refractivity contribution < 1.29 is 26.4 Å². The van der Waals surface area contributed by atoms with Gasteiger partial charge in [-0.25, -0.2) is 8.42 Å². The Hall–Kier alpha value is -1.65. The van der Waals surface area contributed by atoms with Crippen molar-refractivity contribution >= 4 is 15.9 Å². The van der Waals surface area contributed by atoms with Crippen LogP contribution in [0.3, 0.4) is 0 Å². The van der Waals surface area contributed by atoms with E-state index in [-0.39, 0.29) is 28.8 Å². The highest BCUT2D eigenvalue weighted by molar-refractivity contribution is 7.89. The Balaban J connectivity index is 1.76. The van der Waals surface area contributed by atoms with Crippen molar-refractivity contribution in [2.75, 3.05) is 26.7 Å². The lowest BCUT2D eigenvalue weighted by Crippen LogP contribution is -2.53. The third-order valence-electron chi connectivity index (χ3n) is 6.44. The van der Waals surface area contributed by atoms with E-state index in [9.17, 15) is 26.4 Å². The molecule has 0 bridgehead atoms. The van der Waals surface area contributed by atoms with Gasteiger partial charge in [-0.05, 0) is 69.2 Å². The molecule has 2 aliphatic rings. The van der Waals surface area contributed by atoms with Gasteiger partial charge in [-0.1, -0.05) is 19.9 Å². The summed E-state index contributed by atoms with van der Waals surface area (Å²) in [6, 6.07) is 3.34. The van der Waals surface area contributed by atoms with E-state index in [0.29, 0.717) is 44.8 Å². The molecule has 1 aliphatic heterocycles. The van der Waals surface area contributed by atoms with Gasteiger partial charge in [0.2, 0.25) is 15.9 Å². The van der Waals surface area contributed by atoms with Gasteiger partial charge in [-0.2, -0.15) is 17.5 Å². The molecule has 3 rings (SSSR count). The molecule has 1 heterocycles. The molecule has 0 radical (unpaired) electrons. The normalized spacial score (nSPS) is 19.3. The van der Waals surface area contributed by atoms with Crippen LogP contribution in [0.15, 0.2) is 29.2 Å². The number of amides is 1. The van der Waals surface area contributed by atoms with Gasteiger partial charge >= 0.3 is 6.18 Å². The highest BCUT2D eigenvalue weighted by atomic mass is 32.2. The minimum absolute atomic E-state index is 0.0131. The van der Waals surface area contributed by atoms with Crippen molar-refractivity contribution in [1.82, 2.24) is 14.5 Å². The van der Waals surface area contributed by atoms with Crippen molar-refractivity contribution in [3.05, 3.63) is 29.8 Å². The van der Waals surface area contributed by atoms with Crippen LogP contribution in [-0.4, -0.2) is 62.3 Å². The van der Waals surface area contributed by atoms with Gasteiger partial charge in [0.05, 0.1) is 16.5 Å². The average molecular weight is 490 g/mol. The number of likely N-dealkylation sites (N-methyl/N-ethyl adjacent to an activating group) is 1. The molecule has 0 aromatic heterocycles. The van der Waals surface area contributed by atoms with Crippen LogP contribution in [-0.2, 0) is 21.0 Å². The maximum absolute atomic E-state index is 13.4. The fraction of sp³-hybridized carbons (Fsp3) is 0.696. The van der Waals surface area contributed by atoms with Crippen LogP contribution in [0.2, 0.25) is 0 Å². The summed E-state index contributed by atoms with van der Waals surface area (Å²) in [4.78, 5) is 14.3. The van der Waals surface area contributed by atoms with E-state index in [1.54, 1.807) is 11.9 Å². The number of likely N-dealkylation sites (tertiary alicyclic amines) is 1. The fourth-order valence-corrected chi connectivity index (χ4v) is 6.18. The number of piperidine rings is 1. The first-order chi connectivity index (χ1) is 15.4. The Labute approximate surface area is 194 Å². The Morgan fingerprint density at radius 2 is 1.82 bits per heavy atom. The quantitative estimate of drug-likeness (QED) is 0.574. The monoisotopic (exact) mass is 489 g/mol. The molecule has 33 heavy (non-hydrogen) atoms. The summed E-state index contributed by atoms with van der Waals surface area (Å²) < 4.78 is 67.8. The Kier molecular flexibility index (Phi) is 8.11. The van der Waals surface area contributed by atoms with Crippen LogP contribution < -0.4 is 5.32 Å². The Morgan fingerprint density at radius 3 is 2.33 bits per heavy atom. The number of carbonyl (C=O) groups is 1. The Morgan fingerprint density at radius 1 is 1.18 bits per heavy atom. The van der Waals surface area contributed by atoms with Crippen molar-refractivity contribution in [3.63, 3.8) is 0 Å². The molecule has 1 aliphatic carbocycles. The van der Waals surface area contributed by atoms with Gasteiger partial charge in [-0.3, -0.25) is 4.79 Å². The van der Waals surface area contributed by atoms with Crippen LogP contribution in [0.4, 0.5) is 13.2 Å². The molecule has 1 saturated heterocycles. The second-order valence-electron chi connectivity index (χ2n) is 9.57. The van der Waals surface area contributed by atoms with E-state index in [1.807, 2.05) is 0 Å². The number of carbonyl (C=O) groups excluding carboxylic acids is 1.